The Bertz CT molecular complexity index is 924. The second-order valence-electron chi connectivity index (χ2n) is 6.77. The highest BCUT2D eigenvalue weighted by Crippen LogP contribution is 2.42. The number of fused-ring (bicyclic) bond motifs is 1. The van der Waals surface area contributed by atoms with E-state index in [2.05, 4.69) is 17.5 Å². The van der Waals surface area contributed by atoms with Crippen LogP contribution in [0.2, 0.25) is 0 Å². The molecule has 1 N–H and O–H groups in total. The molecule has 4 nitrogen and oxygen atoms in total. The summed E-state index contributed by atoms with van der Waals surface area (Å²) in [6.07, 6.45) is 5.30. The van der Waals surface area contributed by atoms with Gasteiger partial charge in [0.25, 0.3) is 0 Å². The van der Waals surface area contributed by atoms with Crippen molar-refractivity contribution in [3.63, 3.8) is 0 Å². The van der Waals surface area contributed by atoms with Gasteiger partial charge in [-0.2, -0.15) is 0 Å². The fourth-order valence-corrected chi connectivity index (χ4v) is 4.21. The summed E-state index contributed by atoms with van der Waals surface area (Å²) in [6.45, 7) is 1.86. The predicted octanol–water partition coefficient (Wildman–Crippen LogP) is 3.04. The van der Waals surface area contributed by atoms with Crippen LogP contribution >= 0.6 is 0 Å². The van der Waals surface area contributed by atoms with Crippen LogP contribution in [0, 0.1) is 0 Å². The summed E-state index contributed by atoms with van der Waals surface area (Å²) in [4.78, 5) is 0.341. The van der Waals surface area contributed by atoms with Gasteiger partial charge in [0.2, 0.25) is 0 Å². The minimum Gasteiger partial charge on any atom is -0.482 e. The lowest BCUT2D eigenvalue weighted by atomic mass is 9.83. The van der Waals surface area contributed by atoms with E-state index in [1.54, 1.807) is 12.1 Å². The third kappa shape index (κ3) is 3.10. The number of piperidine rings is 1. The van der Waals surface area contributed by atoms with Crippen LogP contribution in [0.15, 0.2) is 59.5 Å². The Morgan fingerprint density at radius 2 is 1.68 bits per heavy atom. The van der Waals surface area contributed by atoms with Crippen LogP contribution in [0.4, 0.5) is 0 Å². The molecule has 0 amide bonds. The van der Waals surface area contributed by atoms with Gasteiger partial charge in [0, 0.05) is 24.7 Å². The fourth-order valence-electron chi connectivity index (χ4n) is 3.58. The van der Waals surface area contributed by atoms with Gasteiger partial charge in [0.1, 0.15) is 11.4 Å². The first-order chi connectivity index (χ1) is 12.0. The SMILES string of the molecule is CS(=O)(=O)c1ccc(C2=CC3(CCNCC3)Oc3ccccc32)cc1. The van der Waals surface area contributed by atoms with Crippen molar-refractivity contribution in [2.24, 2.45) is 0 Å². The topological polar surface area (TPSA) is 55.4 Å². The van der Waals surface area contributed by atoms with E-state index in [0.29, 0.717) is 4.90 Å². The largest absolute Gasteiger partial charge is 0.482 e. The molecule has 0 aromatic heterocycles. The first-order valence-corrected chi connectivity index (χ1v) is 10.4. The van der Waals surface area contributed by atoms with Gasteiger partial charge in [-0.1, -0.05) is 30.3 Å². The van der Waals surface area contributed by atoms with Crippen LogP contribution in [0.1, 0.15) is 24.0 Å². The monoisotopic (exact) mass is 355 g/mol. The van der Waals surface area contributed by atoms with E-state index in [1.165, 1.54) is 6.26 Å². The molecule has 1 saturated heterocycles. The summed E-state index contributed by atoms with van der Waals surface area (Å²) in [5.41, 5.74) is 2.90. The molecular weight excluding hydrogens is 334 g/mol. The van der Waals surface area contributed by atoms with Gasteiger partial charge in [-0.25, -0.2) is 8.42 Å². The number of sulfone groups is 1. The maximum Gasteiger partial charge on any atom is 0.175 e. The average Bonchev–Trinajstić information content (AvgIpc) is 2.61. The summed E-state index contributed by atoms with van der Waals surface area (Å²) >= 11 is 0. The molecule has 0 bridgehead atoms. The molecule has 2 aliphatic rings. The molecule has 0 atom stereocenters. The molecule has 0 saturated carbocycles. The maximum absolute atomic E-state index is 11.7. The van der Waals surface area contributed by atoms with Gasteiger partial charge >= 0.3 is 0 Å². The third-order valence-electron chi connectivity index (χ3n) is 4.94. The number of hydrogen-bond donors (Lipinski definition) is 1. The summed E-state index contributed by atoms with van der Waals surface area (Å²) in [6, 6.07) is 15.2. The lowest BCUT2D eigenvalue weighted by Gasteiger charge is -2.40. The van der Waals surface area contributed by atoms with Gasteiger partial charge in [0.05, 0.1) is 4.90 Å². The van der Waals surface area contributed by atoms with Crippen LogP contribution in [0.5, 0.6) is 5.75 Å². The molecule has 2 aromatic carbocycles. The summed E-state index contributed by atoms with van der Waals surface area (Å²) in [5.74, 6) is 0.897. The van der Waals surface area contributed by atoms with Gasteiger partial charge in [-0.3, -0.25) is 0 Å². The molecule has 1 fully saturated rings. The number of nitrogens with one attached hydrogen (secondary N) is 1. The lowest BCUT2D eigenvalue weighted by molar-refractivity contribution is 0.0817. The van der Waals surface area contributed by atoms with Gasteiger partial charge in [-0.05, 0) is 48.5 Å². The van der Waals surface area contributed by atoms with Crippen molar-refractivity contribution < 1.29 is 13.2 Å². The summed E-state index contributed by atoms with van der Waals surface area (Å²) < 4.78 is 29.8. The molecular formula is C20H21NO3S. The molecule has 130 valence electrons. The normalized spacial score (nSPS) is 19.0. The van der Waals surface area contributed by atoms with Crippen molar-refractivity contribution >= 4 is 15.4 Å². The van der Waals surface area contributed by atoms with E-state index >= 15 is 0 Å². The van der Waals surface area contributed by atoms with E-state index in [0.717, 1.165) is 48.4 Å². The Morgan fingerprint density at radius 3 is 2.36 bits per heavy atom. The Morgan fingerprint density at radius 1 is 1.00 bits per heavy atom. The summed E-state index contributed by atoms with van der Waals surface area (Å²) in [7, 11) is -3.19. The average molecular weight is 355 g/mol. The minimum atomic E-state index is -3.19. The zero-order valence-corrected chi connectivity index (χ0v) is 15.0. The van der Waals surface area contributed by atoms with Crippen molar-refractivity contribution in [1.29, 1.82) is 0 Å². The quantitative estimate of drug-likeness (QED) is 0.900. The summed E-state index contributed by atoms with van der Waals surface area (Å²) in [5, 5.41) is 3.38. The molecule has 2 aromatic rings. The standard InChI is InChI=1S/C20H21NO3S/c1-25(22,23)16-8-6-15(7-9-16)18-14-20(10-12-21-13-11-20)24-19-5-3-2-4-17(18)19/h2-9,14,21H,10-13H2,1H3. The highest BCUT2D eigenvalue weighted by Gasteiger charge is 2.36. The van der Waals surface area contributed by atoms with Crippen molar-refractivity contribution in [3.8, 4) is 5.75 Å². The van der Waals surface area contributed by atoms with Gasteiger partial charge < -0.3 is 10.1 Å². The highest BCUT2D eigenvalue weighted by atomic mass is 32.2. The smallest absolute Gasteiger partial charge is 0.175 e. The lowest BCUT2D eigenvalue weighted by Crippen LogP contribution is -2.46. The third-order valence-corrected chi connectivity index (χ3v) is 6.07. The van der Waals surface area contributed by atoms with E-state index < -0.39 is 9.84 Å². The Hall–Kier alpha value is -2.11. The van der Waals surface area contributed by atoms with E-state index in [4.69, 9.17) is 4.74 Å². The minimum absolute atomic E-state index is 0.287. The van der Waals surface area contributed by atoms with E-state index in [9.17, 15) is 8.42 Å². The predicted molar refractivity (Wildman–Crippen MR) is 98.5 cm³/mol. The van der Waals surface area contributed by atoms with E-state index in [-0.39, 0.29) is 5.60 Å². The molecule has 2 aliphatic heterocycles. The van der Waals surface area contributed by atoms with Crippen molar-refractivity contribution in [2.75, 3.05) is 19.3 Å². The number of hydrogen-bond acceptors (Lipinski definition) is 4. The molecule has 4 rings (SSSR count). The number of ether oxygens (including phenoxy) is 1. The number of benzene rings is 2. The molecule has 0 aliphatic carbocycles. The van der Waals surface area contributed by atoms with Crippen LogP contribution in [-0.4, -0.2) is 33.4 Å². The Labute approximate surface area is 148 Å². The number of para-hydroxylation sites is 1. The maximum atomic E-state index is 11.7. The van der Waals surface area contributed by atoms with Crippen molar-refractivity contribution in [2.45, 2.75) is 23.3 Å². The number of rotatable bonds is 2. The Kier molecular flexibility index (Phi) is 3.93. The molecule has 25 heavy (non-hydrogen) atoms. The van der Waals surface area contributed by atoms with Gasteiger partial charge in [-0.15, -0.1) is 0 Å². The fraction of sp³-hybridized carbons (Fsp3) is 0.300. The van der Waals surface area contributed by atoms with Crippen LogP contribution in [-0.2, 0) is 9.84 Å². The van der Waals surface area contributed by atoms with Crippen LogP contribution < -0.4 is 10.1 Å². The van der Waals surface area contributed by atoms with E-state index in [1.807, 2.05) is 30.3 Å². The molecule has 0 unspecified atom stereocenters. The van der Waals surface area contributed by atoms with Crippen LogP contribution in [0.3, 0.4) is 0 Å². The molecule has 2 heterocycles. The first kappa shape index (κ1) is 16.4. The molecule has 0 radical (unpaired) electrons. The van der Waals surface area contributed by atoms with Crippen molar-refractivity contribution in [3.05, 3.63) is 65.7 Å². The zero-order chi connectivity index (χ0) is 17.5. The Balaban J connectivity index is 1.82. The molecule has 5 heteroatoms. The second-order valence-corrected chi connectivity index (χ2v) is 8.78. The first-order valence-electron chi connectivity index (χ1n) is 8.49. The molecule has 1 spiro atoms. The highest BCUT2D eigenvalue weighted by molar-refractivity contribution is 7.90. The zero-order valence-electron chi connectivity index (χ0n) is 14.2. The van der Waals surface area contributed by atoms with Crippen LogP contribution in [0.25, 0.3) is 5.57 Å². The van der Waals surface area contributed by atoms with Crippen molar-refractivity contribution in [1.82, 2.24) is 5.32 Å². The van der Waals surface area contributed by atoms with Gasteiger partial charge in [0.15, 0.2) is 9.84 Å². The second kappa shape index (κ2) is 6.00.